The Morgan fingerprint density at radius 1 is 0.308 bits per heavy atom. The molecule has 0 radical (unpaired) electrons. The summed E-state index contributed by atoms with van der Waals surface area (Å²) >= 11 is 0. The number of hydrogen-bond acceptors (Lipinski definition) is 15. The number of rotatable bonds is 72. The predicted molar refractivity (Wildman–Crippen MR) is 368 cm³/mol. The summed E-state index contributed by atoms with van der Waals surface area (Å²) in [6.45, 7) is 7.30. The summed E-state index contributed by atoms with van der Waals surface area (Å²) in [4.78, 5) is 72.5. The van der Waals surface area contributed by atoms with Crippen LogP contribution in [0.25, 0.3) is 0 Å². The smallest absolute Gasteiger partial charge is 0.462 e. The van der Waals surface area contributed by atoms with Gasteiger partial charge in [-0.15, -0.1) is 0 Å². The van der Waals surface area contributed by atoms with Gasteiger partial charge in [0.2, 0.25) is 0 Å². The number of aliphatic hydroxyl groups is 1. The normalized spacial score (nSPS) is 14.3. The van der Waals surface area contributed by atoms with Gasteiger partial charge in [0.1, 0.15) is 19.3 Å². The number of unbranched alkanes of at least 4 members (excludes halogenated alkanes) is 43. The lowest BCUT2D eigenvalue weighted by Crippen LogP contribution is -2.30. The molecule has 0 bridgehead atoms. The van der Waals surface area contributed by atoms with E-state index in [-0.39, 0.29) is 25.7 Å². The van der Waals surface area contributed by atoms with Crippen molar-refractivity contribution in [2.24, 2.45) is 5.92 Å². The van der Waals surface area contributed by atoms with Crippen LogP contribution in [0.5, 0.6) is 0 Å². The maximum atomic E-state index is 13.0. The second-order valence-corrected chi connectivity index (χ2v) is 29.1. The highest BCUT2D eigenvalue weighted by Crippen LogP contribution is 2.45. The molecule has 0 aliphatic rings. The van der Waals surface area contributed by atoms with Crippen LogP contribution in [-0.4, -0.2) is 96.7 Å². The van der Waals surface area contributed by atoms with E-state index in [2.05, 4.69) is 34.6 Å². The van der Waals surface area contributed by atoms with Gasteiger partial charge in [-0.05, 0) is 31.6 Å². The van der Waals surface area contributed by atoms with Crippen molar-refractivity contribution in [3.63, 3.8) is 0 Å². The molecule has 0 rings (SSSR count). The summed E-state index contributed by atoms with van der Waals surface area (Å²) in [5.74, 6) is -1.27. The lowest BCUT2D eigenvalue weighted by Gasteiger charge is -2.21. The summed E-state index contributed by atoms with van der Waals surface area (Å²) in [7, 11) is -9.90. The summed E-state index contributed by atoms with van der Waals surface area (Å²) in [6, 6.07) is 0. The molecule has 3 unspecified atom stereocenters. The molecule has 540 valence electrons. The van der Waals surface area contributed by atoms with E-state index >= 15 is 0 Å². The van der Waals surface area contributed by atoms with Gasteiger partial charge in [0.15, 0.2) is 12.2 Å². The van der Waals surface area contributed by atoms with Gasteiger partial charge in [0, 0.05) is 25.7 Å². The van der Waals surface area contributed by atoms with E-state index in [0.717, 1.165) is 95.8 Å². The van der Waals surface area contributed by atoms with E-state index in [1.165, 1.54) is 199 Å². The first-order valence-electron chi connectivity index (χ1n) is 37.7. The van der Waals surface area contributed by atoms with Crippen molar-refractivity contribution in [2.75, 3.05) is 39.6 Å². The zero-order valence-corrected chi connectivity index (χ0v) is 60.8. The van der Waals surface area contributed by atoms with E-state index in [9.17, 15) is 43.2 Å². The molecule has 0 amide bonds. The molecular formula is C72H140O17P2. The maximum absolute atomic E-state index is 13.0. The zero-order valence-electron chi connectivity index (χ0n) is 59.0. The van der Waals surface area contributed by atoms with Gasteiger partial charge in [-0.25, -0.2) is 9.13 Å². The quantitative estimate of drug-likeness (QED) is 0.0222. The number of carbonyl (C=O) groups is 4. The molecule has 0 aromatic rings. The molecule has 91 heavy (non-hydrogen) atoms. The molecule has 0 aromatic carbocycles. The highest BCUT2D eigenvalue weighted by molar-refractivity contribution is 7.47. The van der Waals surface area contributed by atoms with Crippen LogP contribution in [0, 0.1) is 5.92 Å². The predicted octanol–water partition coefficient (Wildman–Crippen LogP) is 20.9. The lowest BCUT2D eigenvalue weighted by molar-refractivity contribution is -0.161. The second kappa shape index (κ2) is 65.4. The van der Waals surface area contributed by atoms with Crippen LogP contribution in [0.3, 0.4) is 0 Å². The van der Waals surface area contributed by atoms with E-state index < -0.39 is 97.5 Å². The highest BCUT2D eigenvalue weighted by atomic mass is 31.2. The Hall–Kier alpha value is -1.94. The monoisotopic (exact) mass is 1340 g/mol. The average Bonchev–Trinajstić information content (AvgIpc) is 3.63. The molecule has 19 heteroatoms. The van der Waals surface area contributed by atoms with Gasteiger partial charge in [-0.2, -0.15) is 0 Å². The first-order chi connectivity index (χ1) is 44.1. The number of carbonyl (C=O) groups excluding carboxylic acids is 4. The first-order valence-corrected chi connectivity index (χ1v) is 40.7. The Morgan fingerprint density at radius 3 is 0.780 bits per heavy atom. The Labute approximate surface area is 556 Å². The van der Waals surface area contributed by atoms with Crippen molar-refractivity contribution in [1.29, 1.82) is 0 Å². The van der Waals surface area contributed by atoms with Crippen LogP contribution in [0.1, 0.15) is 375 Å². The van der Waals surface area contributed by atoms with Crippen molar-refractivity contribution in [3.8, 4) is 0 Å². The Morgan fingerprint density at radius 2 is 0.527 bits per heavy atom. The summed E-state index contributed by atoms with van der Waals surface area (Å²) < 4.78 is 68.3. The molecule has 0 aromatic heterocycles. The Bertz CT molecular complexity index is 1760. The number of ether oxygens (including phenoxy) is 4. The van der Waals surface area contributed by atoms with Crippen molar-refractivity contribution in [1.82, 2.24) is 0 Å². The zero-order chi connectivity index (χ0) is 67.0. The minimum atomic E-state index is -4.95. The summed E-state index contributed by atoms with van der Waals surface area (Å²) in [5.41, 5.74) is 0. The van der Waals surface area contributed by atoms with Crippen LogP contribution in [0.4, 0.5) is 0 Å². The fourth-order valence-corrected chi connectivity index (χ4v) is 12.5. The Balaban J connectivity index is 5.21. The number of phosphoric acid groups is 2. The molecule has 0 saturated carbocycles. The topological polar surface area (TPSA) is 237 Å². The minimum Gasteiger partial charge on any atom is -0.462 e. The third kappa shape index (κ3) is 65.1. The molecule has 0 aliphatic heterocycles. The van der Waals surface area contributed by atoms with Crippen molar-refractivity contribution >= 4 is 39.5 Å². The number of aliphatic hydroxyl groups excluding tert-OH is 1. The number of phosphoric ester groups is 2. The molecule has 0 saturated heterocycles. The average molecular weight is 1340 g/mol. The maximum Gasteiger partial charge on any atom is 0.472 e. The molecule has 17 nitrogen and oxygen atoms in total. The van der Waals surface area contributed by atoms with Gasteiger partial charge in [0.25, 0.3) is 0 Å². The second-order valence-electron chi connectivity index (χ2n) is 26.2. The van der Waals surface area contributed by atoms with Crippen LogP contribution >= 0.6 is 15.6 Å². The fraction of sp³-hybridized carbons (Fsp3) is 0.944. The van der Waals surface area contributed by atoms with Gasteiger partial charge in [-0.1, -0.05) is 324 Å². The van der Waals surface area contributed by atoms with Gasteiger partial charge in [-0.3, -0.25) is 37.3 Å². The van der Waals surface area contributed by atoms with Crippen molar-refractivity contribution < 1.29 is 80.2 Å². The van der Waals surface area contributed by atoms with Gasteiger partial charge in [0.05, 0.1) is 26.4 Å². The van der Waals surface area contributed by atoms with Crippen molar-refractivity contribution in [2.45, 2.75) is 393 Å². The van der Waals surface area contributed by atoms with Crippen LogP contribution in [-0.2, 0) is 65.4 Å². The number of esters is 4. The minimum absolute atomic E-state index is 0.107. The first kappa shape index (κ1) is 89.1. The van der Waals surface area contributed by atoms with Crippen molar-refractivity contribution in [3.05, 3.63) is 0 Å². The van der Waals surface area contributed by atoms with E-state index in [0.29, 0.717) is 25.7 Å². The van der Waals surface area contributed by atoms with E-state index in [1.807, 2.05) is 0 Å². The van der Waals surface area contributed by atoms with Gasteiger partial charge < -0.3 is 33.8 Å². The fourth-order valence-electron chi connectivity index (χ4n) is 11.0. The largest absolute Gasteiger partial charge is 0.472 e. The lowest BCUT2D eigenvalue weighted by atomic mass is 9.99. The van der Waals surface area contributed by atoms with E-state index in [1.54, 1.807) is 0 Å². The molecule has 0 aliphatic carbocycles. The Kier molecular flexibility index (Phi) is 64.0. The highest BCUT2D eigenvalue weighted by Gasteiger charge is 2.30. The molecule has 6 atom stereocenters. The summed E-state index contributed by atoms with van der Waals surface area (Å²) in [5, 5.41) is 10.6. The van der Waals surface area contributed by atoms with Gasteiger partial charge >= 0.3 is 39.5 Å². The third-order valence-corrected chi connectivity index (χ3v) is 19.0. The molecule has 3 N–H and O–H groups in total. The molecular weight excluding hydrogens is 1200 g/mol. The SMILES string of the molecule is CCCCCCCCCCCCCCCCC(=O)OC[C@H](COP(=O)(O)OC[C@@H](O)COP(=O)(O)OC[C@@H](COC(=O)CCCCCCCCCCC)OC(=O)CCCCCCCCCCCC)OC(=O)CCCCCCCCCCCCCCCCC(C)CC. The summed E-state index contributed by atoms with van der Waals surface area (Å²) in [6.07, 6.45) is 52.6. The van der Waals surface area contributed by atoms with E-state index in [4.69, 9.17) is 37.0 Å². The van der Waals surface area contributed by atoms with Crippen LogP contribution in [0.2, 0.25) is 0 Å². The van der Waals surface area contributed by atoms with Crippen LogP contribution in [0.15, 0.2) is 0 Å². The molecule has 0 heterocycles. The third-order valence-electron chi connectivity index (χ3n) is 17.1. The van der Waals surface area contributed by atoms with Crippen LogP contribution < -0.4 is 0 Å². The molecule has 0 spiro atoms. The standard InChI is InChI=1S/C72H140O17P2/c1-6-10-13-16-19-22-24-25-29-32-37-41-46-51-56-70(75)83-62-68(89-72(77)58-53-48-43-38-33-30-27-26-28-31-35-39-44-49-54-65(5)9-4)64-87-91(80,81)85-60-66(73)59-84-90(78,79)86-63-67(61-82-69(74)55-50-45-40-34-21-18-15-12-8-3)88-71(76)57-52-47-42-36-23-20-17-14-11-7-2/h65-68,73H,6-64H2,1-5H3,(H,78,79)(H,80,81)/t65?,66-,67+,68+/m0/s1. The number of hydrogen-bond donors (Lipinski definition) is 3. The molecule has 0 fully saturated rings.